The quantitative estimate of drug-likeness (QED) is 0.111. The van der Waals surface area contributed by atoms with E-state index in [1.807, 2.05) is 18.2 Å². The highest BCUT2D eigenvalue weighted by Gasteiger charge is 2.51. The molecule has 11 rings (SSSR count). The number of aliphatic imine (C=N–C) groups is 2. The summed E-state index contributed by atoms with van der Waals surface area (Å²) in [5.74, 6) is 1.45. The first-order valence-corrected chi connectivity index (χ1v) is 21.8. The van der Waals surface area contributed by atoms with Crippen LogP contribution >= 0.6 is 0 Å². The molecule has 2 aliphatic rings. The van der Waals surface area contributed by atoms with E-state index >= 15 is 0 Å². The molecule has 8 aromatic carbocycles. The Kier molecular flexibility index (Phi) is 9.43. The van der Waals surface area contributed by atoms with Crippen LogP contribution in [0.5, 0.6) is 0 Å². The Morgan fingerprint density at radius 3 is 1.95 bits per heavy atom. The number of fused-ring (bicyclic) bond motifs is 8. The van der Waals surface area contributed by atoms with E-state index in [9.17, 15) is 0 Å². The molecule has 304 valence electrons. The number of amidine groups is 1. The van der Waals surface area contributed by atoms with Gasteiger partial charge in [-0.05, 0) is 105 Å². The van der Waals surface area contributed by atoms with Crippen LogP contribution in [0.15, 0.2) is 235 Å². The van der Waals surface area contributed by atoms with Gasteiger partial charge in [-0.1, -0.05) is 189 Å². The van der Waals surface area contributed by atoms with Gasteiger partial charge in [0.1, 0.15) is 5.82 Å². The zero-order valence-corrected chi connectivity index (χ0v) is 35.8. The molecule has 1 aromatic heterocycles. The minimum Gasteiger partial charge on any atom is -0.292 e. The number of hydrogen-bond donors (Lipinski definition) is 0. The molecule has 1 heterocycles. The van der Waals surface area contributed by atoms with E-state index < -0.39 is 5.41 Å². The molecule has 9 aromatic rings. The summed E-state index contributed by atoms with van der Waals surface area (Å²) in [6.45, 7) is 13.4. The van der Waals surface area contributed by atoms with Gasteiger partial charge in [-0.25, -0.2) is 15.0 Å². The topological polar surface area (TPSA) is 42.5 Å². The smallest absolute Gasteiger partial charge is 0.160 e. The van der Waals surface area contributed by atoms with Gasteiger partial charge in [-0.2, -0.15) is 0 Å². The van der Waals surface area contributed by atoms with Crippen LogP contribution in [0.4, 0.5) is 0 Å². The summed E-state index contributed by atoms with van der Waals surface area (Å²) >= 11 is 0. The molecular weight excluding hydrogens is 777 g/mol. The largest absolute Gasteiger partial charge is 0.292 e. The Morgan fingerprint density at radius 1 is 0.578 bits per heavy atom. The molecule has 4 nitrogen and oxygen atoms in total. The molecule has 1 unspecified atom stereocenters. The molecule has 0 fully saturated rings. The Balaban J connectivity index is 1.05. The molecule has 1 atom stereocenters. The second-order valence-electron chi connectivity index (χ2n) is 16.5. The molecule has 0 amide bonds. The van der Waals surface area contributed by atoms with Crippen LogP contribution in [-0.4, -0.2) is 21.1 Å². The first-order valence-electron chi connectivity index (χ1n) is 21.8. The van der Waals surface area contributed by atoms with Gasteiger partial charge in [0.05, 0.1) is 22.1 Å². The van der Waals surface area contributed by atoms with Crippen molar-refractivity contribution < 1.29 is 0 Å². The molecule has 64 heavy (non-hydrogen) atoms. The van der Waals surface area contributed by atoms with Crippen LogP contribution in [0, 0.1) is 0 Å². The predicted octanol–water partition coefficient (Wildman–Crippen LogP) is 14.6. The van der Waals surface area contributed by atoms with Crippen molar-refractivity contribution >= 4 is 33.9 Å². The van der Waals surface area contributed by atoms with Crippen molar-refractivity contribution in [3.8, 4) is 39.3 Å². The van der Waals surface area contributed by atoms with Crippen LogP contribution < -0.4 is 0 Å². The number of hydrogen-bond acceptors (Lipinski definition) is 2. The Bertz CT molecular complexity index is 3420. The lowest BCUT2D eigenvalue weighted by Crippen LogP contribution is -2.26. The fourth-order valence-corrected chi connectivity index (χ4v) is 10.1. The number of imidazole rings is 1. The summed E-state index contributed by atoms with van der Waals surface area (Å²) < 4.78 is 2.23. The summed E-state index contributed by atoms with van der Waals surface area (Å²) in [7, 11) is 0. The van der Waals surface area contributed by atoms with Crippen LogP contribution in [0.3, 0.4) is 0 Å². The monoisotopic (exact) mass is 820 g/mol. The van der Waals surface area contributed by atoms with Crippen molar-refractivity contribution in [2.75, 3.05) is 0 Å². The van der Waals surface area contributed by atoms with Crippen molar-refractivity contribution in [3.05, 3.63) is 264 Å². The zero-order valence-electron chi connectivity index (χ0n) is 35.8. The van der Waals surface area contributed by atoms with Crippen LogP contribution in [0.1, 0.15) is 52.8 Å². The number of benzene rings is 8. The second kappa shape index (κ2) is 15.6. The fraction of sp³-hybridized carbons (Fsp3) is 0.0500. The standard InChI is InChI=1S/C60H44N4/c1-5-51-39(2)48-26-12-14-29-52(48)60(51)53-30-15-13-27-50(53)57-49(28-19-31-54(57)60)41(4)62-58(44-36-34-43(35-37-44)42-20-8-6-9-21-42)61-40(3)45-22-18-23-46(38-45)59-63-55-32-16-17-33-56(55)64(59)47-24-10-7-11-25-47/h5-38H,1,4H2,2-3H3/b61-40+,62-58-. The molecule has 0 radical (unpaired) electrons. The van der Waals surface area contributed by atoms with Gasteiger partial charge >= 0.3 is 0 Å². The minimum atomic E-state index is -0.495. The molecule has 0 saturated carbocycles. The Hall–Kier alpha value is -8.21. The van der Waals surface area contributed by atoms with Crippen molar-refractivity contribution in [1.82, 2.24) is 9.55 Å². The van der Waals surface area contributed by atoms with E-state index in [1.165, 1.54) is 39.0 Å². The average Bonchev–Trinajstić information content (AvgIpc) is 3.98. The van der Waals surface area contributed by atoms with E-state index in [0.29, 0.717) is 11.5 Å². The number of nitrogens with zero attached hydrogens (tertiary/aromatic N) is 4. The van der Waals surface area contributed by atoms with E-state index in [0.717, 1.165) is 67.2 Å². The maximum absolute atomic E-state index is 5.40. The third kappa shape index (κ3) is 6.10. The van der Waals surface area contributed by atoms with Gasteiger partial charge in [-0.15, -0.1) is 0 Å². The molecular formula is C60H44N4. The van der Waals surface area contributed by atoms with E-state index in [4.69, 9.17) is 21.5 Å². The zero-order chi connectivity index (χ0) is 43.4. The molecule has 0 N–H and O–H groups in total. The summed E-state index contributed by atoms with van der Waals surface area (Å²) in [5, 5.41) is 0. The van der Waals surface area contributed by atoms with Crippen molar-refractivity contribution in [2.24, 2.45) is 9.98 Å². The maximum atomic E-state index is 5.40. The van der Waals surface area contributed by atoms with Gasteiger partial charge in [-0.3, -0.25) is 4.57 Å². The highest BCUT2D eigenvalue weighted by atomic mass is 15.1. The molecule has 1 spiro atoms. The first-order chi connectivity index (χ1) is 31.4. The fourth-order valence-electron chi connectivity index (χ4n) is 10.1. The number of allylic oxidation sites excluding steroid dienone is 3. The Morgan fingerprint density at radius 2 is 1.19 bits per heavy atom. The third-order valence-electron chi connectivity index (χ3n) is 13.0. The molecule has 0 saturated heterocycles. The average molecular weight is 821 g/mol. The predicted molar refractivity (Wildman–Crippen MR) is 267 cm³/mol. The van der Waals surface area contributed by atoms with E-state index in [1.54, 1.807) is 0 Å². The summed E-state index contributed by atoms with van der Waals surface area (Å²) in [6, 6.07) is 70.3. The van der Waals surface area contributed by atoms with Crippen LogP contribution in [0.25, 0.3) is 61.6 Å². The van der Waals surface area contributed by atoms with E-state index in [-0.39, 0.29) is 0 Å². The lowest BCUT2D eigenvalue weighted by atomic mass is 9.69. The third-order valence-corrected chi connectivity index (χ3v) is 13.0. The van der Waals surface area contributed by atoms with Gasteiger partial charge in [0.2, 0.25) is 0 Å². The van der Waals surface area contributed by atoms with Crippen molar-refractivity contribution in [3.63, 3.8) is 0 Å². The molecule has 0 aliphatic heterocycles. The molecule has 4 heteroatoms. The van der Waals surface area contributed by atoms with Crippen LogP contribution in [0.2, 0.25) is 0 Å². The van der Waals surface area contributed by atoms with Gasteiger partial charge in [0.15, 0.2) is 5.84 Å². The van der Waals surface area contributed by atoms with Crippen molar-refractivity contribution in [2.45, 2.75) is 19.3 Å². The highest BCUT2D eigenvalue weighted by molar-refractivity contribution is 6.13. The van der Waals surface area contributed by atoms with Gasteiger partial charge < -0.3 is 0 Å². The first kappa shape index (κ1) is 38.7. The number of rotatable bonds is 8. The SMILES string of the molecule is C=CC1=C(C)c2ccccc2C12c1ccccc1-c1c(C(=C)/N=C(\N=C(/C)c3cccc(-c4nc5ccccc5n4-c4ccccc4)c3)c3ccc(-c4ccccc4)cc3)cccc12. The van der Waals surface area contributed by atoms with E-state index in [2.05, 4.69) is 213 Å². The number of para-hydroxylation sites is 3. The lowest BCUT2D eigenvalue weighted by molar-refractivity contribution is 0.786. The summed E-state index contributed by atoms with van der Waals surface area (Å²) in [4.78, 5) is 15.9. The number of aromatic nitrogens is 2. The normalized spacial score (nSPS) is 15.3. The van der Waals surface area contributed by atoms with Crippen LogP contribution in [-0.2, 0) is 5.41 Å². The summed E-state index contributed by atoms with van der Waals surface area (Å²) in [5.41, 5.74) is 19.9. The Labute approximate surface area is 374 Å². The molecule has 2 aliphatic carbocycles. The maximum Gasteiger partial charge on any atom is 0.160 e. The highest BCUT2D eigenvalue weighted by Crippen LogP contribution is 2.62. The van der Waals surface area contributed by atoms with Crippen molar-refractivity contribution in [1.29, 1.82) is 0 Å². The van der Waals surface area contributed by atoms with Gasteiger partial charge in [0, 0.05) is 28.1 Å². The summed E-state index contributed by atoms with van der Waals surface area (Å²) in [6.07, 6.45) is 2.06. The van der Waals surface area contributed by atoms with Gasteiger partial charge in [0.25, 0.3) is 0 Å². The lowest BCUT2D eigenvalue weighted by Gasteiger charge is -2.31. The molecule has 0 bridgehead atoms. The minimum absolute atomic E-state index is 0.495. The second-order valence-corrected chi connectivity index (χ2v) is 16.5.